The van der Waals surface area contributed by atoms with Crippen molar-refractivity contribution in [3.05, 3.63) is 44.2 Å². The molecule has 0 amide bonds. The average molecular weight is 346 g/mol. The monoisotopic (exact) mass is 344 g/mol. The van der Waals surface area contributed by atoms with Crippen LogP contribution >= 0.6 is 27.5 Å². The maximum atomic E-state index is 11.9. The molecule has 1 aromatic carbocycles. The molecule has 0 aliphatic carbocycles. The van der Waals surface area contributed by atoms with Crippen molar-refractivity contribution in [1.82, 2.24) is 9.78 Å². The number of methoxy groups -OCH3 is 2. The number of halogens is 2. The zero-order chi connectivity index (χ0) is 14.0. The van der Waals surface area contributed by atoms with E-state index in [1.54, 1.807) is 12.1 Å². The normalized spacial score (nSPS) is 10.3. The lowest BCUT2D eigenvalue weighted by Gasteiger charge is -2.12. The maximum absolute atomic E-state index is 11.9. The summed E-state index contributed by atoms with van der Waals surface area (Å²) < 4.78 is 12.2. The zero-order valence-corrected chi connectivity index (χ0v) is 12.5. The zero-order valence-electron chi connectivity index (χ0n) is 10.2. The third-order valence-corrected chi connectivity index (χ3v) is 3.44. The average Bonchev–Trinajstić information content (AvgIpc) is 2.42. The molecule has 0 radical (unpaired) electrons. The second-order valence-corrected chi connectivity index (χ2v) is 4.75. The van der Waals surface area contributed by atoms with Crippen LogP contribution in [0, 0.1) is 0 Å². The van der Waals surface area contributed by atoms with Gasteiger partial charge < -0.3 is 9.47 Å². The van der Waals surface area contributed by atoms with E-state index in [1.807, 2.05) is 0 Å². The minimum absolute atomic E-state index is 0.216. The lowest BCUT2D eigenvalue weighted by molar-refractivity contribution is 0.392. The van der Waals surface area contributed by atoms with Crippen LogP contribution < -0.4 is 15.0 Å². The maximum Gasteiger partial charge on any atom is 0.271 e. The van der Waals surface area contributed by atoms with Crippen LogP contribution in [-0.2, 0) is 0 Å². The van der Waals surface area contributed by atoms with E-state index in [0.29, 0.717) is 21.7 Å². The van der Waals surface area contributed by atoms with Gasteiger partial charge in [-0.15, -0.1) is 0 Å². The van der Waals surface area contributed by atoms with Crippen molar-refractivity contribution in [2.75, 3.05) is 14.2 Å². The Morgan fingerprint density at radius 2 is 2.00 bits per heavy atom. The molecule has 0 aliphatic heterocycles. The molecule has 0 bridgehead atoms. The summed E-state index contributed by atoms with van der Waals surface area (Å²) >= 11 is 9.19. The molecule has 0 aliphatic rings. The molecule has 0 fully saturated rings. The Bertz CT molecular complexity index is 673. The van der Waals surface area contributed by atoms with Gasteiger partial charge in [-0.25, -0.2) is 0 Å². The predicted octanol–water partition coefficient (Wildman–Crippen LogP) is 2.67. The molecule has 0 saturated heterocycles. The molecule has 7 heteroatoms. The van der Waals surface area contributed by atoms with Crippen LogP contribution in [0.2, 0.25) is 5.15 Å². The summed E-state index contributed by atoms with van der Waals surface area (Å²) in [5.41, 5.74) is 0.184. The van der Waals surface area contributed by atoms with Crippen LogP contribution in [0.4, 0.5) is 0 Å². The van der Waals surface area contributed by atoms with Gasteiger partial charge in [0.2, 0.25) is 0 Å². The van der Waals surface area contributed by atoms with Gasteiger partial charge in [0.05, 0.1) is 24.4 Å². The first kappa shape index (κ1) is 13.9. The highest BCUT2D eigenvalue weighted by Gasteiger charge is 2.13. The number of hydrogen-bond donors (Lipinski definition) is 0. The van der Waals surface area contributed by atoms with Crippen LogP contribution in [0.25, 0.3) is 5.69 Å². The van der Waals surface area contributed by atoms with Crippen molar-refractivity contribution in [3.8, 4) is 17.2 Å². The lowest BCUT2D eigenvalue weighted by atomic mass is 10.2. The highest BCUT2D eigenvalue weighted by atomic mass is 79.9. The van der Waals surface area contributed by atoms with E-state index in [0.717, 1.165) is 0 Å². The van der Waals surface area contributed by atoms with E-state index in [-0.39, 0.29) is 10.7 Å². The van der Waals surface area contributed by atoms with Crippen molar-refractivity contribution in [3.63, 3.8) is 0 Å². The van der Waals surface area contributed by atoms with Crippen molar-refractivity contribution in [2.45, 2.75) is 0 Å². The van der Waals surface area contributed by atoms with Crippen LogP contribution in [0.5, 0.6) is 11.5 Å². The first-order chi connectivity index (χ1) is 9.06. The lowest BCUT2D eigenvalue weighted by Crippen LogP contribution is -2.20. The molecule has 2 aromatic rings. The third kappa shape index (κ3) is 2.74. The van der Waals surface area contributed by atoms with E-state index in [2.05, 4.69) is 21.0 Å². The molecule has 0 unspecified atom stereocenters. The smallest absolute Gasteiger partial charge is 0.271 e. The second kappa shape index (κ2) is 5.63. The van der Waals surface area contributed by atoms with Gasteiger partial charge in [-0.1, -0.05) is 11.6 Å². The summed E-state index contributed by atoms with van der Waals surface area (Å²) in [6.45, 7) is 0. The van der Waals surface area contributed by atoms with Crippen LogP contribution in [0.3, 0.4) is 0 Å². The fourth-order valence-corrected chi connectivity index (χ4v) is 2.24. The molecule has 0 N–H and O–H groups in total. The second-order valence-electron chi connectivity index (χ2n) is 3.57. The van der Waals surface area contributed by atoms with Gasteiger partial charge in [0.1, 0.15) is 16.7 Å². The number of rotatable bonds is 3. The number of ether oxygens (including phenoxy) is 2. The van der Waals surface area contributed by atoms with Crippen molar-refractivity contribution >= 4 is 27.5 Å². The molecule has 2 rings (SSSR count). The Kier molecular flexibility index (Phi) is 4.11. The highest BCUT2D eigenvalue weighted by Crippen LogP contribution is 2.34. The van der Waals surface area contributed by atoms with Crippen LogP contribution in [-0.4, -0.2) is 24.0 Å². The van der Waals surface area contributed by atoms with Gasteiger partial charge in [0.15, 0.2) is 0 Å². The molecule has 100 valence electrons. The third-order valence-electron chi connectivity index (χ3n) is 2.45. The number of hydrogen-bond acceptors (Lipinski definition) is 4. The summed E-state index contributed by atoms with van der Waals surface area (Å²) in [7, 11) is 3.05. The summed E-state index contributed by atoms with van der Waals surface area (Å²) in [4.78, 5) is 11.9. The first-order valence-electron chi connectivity index (χ1n) is 5.24. The van der Waals surface area contributed by atoms with Gasteiger partial charge >= 0.3 is 0 Å². The minimum Gasteiger partial charge on any atom is -0.497 e. The van der Waals surface area contributed by atoms with Crippen LogP contribution in [0.15, 0.2) is 33.5 Å². The Labute approximate surface area is 122 Å². The van der Waals surface area contributed by atoms with Gasteiger partial charge in [0, 0.05) is 18.2 Å². The Hall–Kier alpha value is -1.53. The fourth-order valence-electron chi connectivity index (χ4n) is 1.54. The molecule has 5 nitrogen and oxygen atoms in total. The van der Waals surface area contributed by atoms with Gasteiger partial charge in [-0.2, -0.15) is 9.78 Å². The summed E-state index contributed by atoms with van der Waals surface area (Å²) in [6.07, 6.45) is 0. The van der Waals surface area contributed by atoms with E-state index >= 15 is 0 Å². The molecular weight excluding hydrogens is 336 g/mol. The summed E-state index contributed by atoms with van der Waals surface area (Å²) in [5.74, 6) is 1.08. The Balaban J connectivity index is 2.73. The van der Waals surface area contributed by atoms with E-state index in [1.165, 1.54) is 31.0 Å². The van der Waals surface area contributed by atoms with E-state index in [9.17, 15) is 4.79 Å². The quantitative estimate of drug-likeness (QED) is 0.858. The Morgan fingerprint density at radius 1 is 1.26 bits per heavy atom. The molecule has 0 spiro atoms. The number of aromatic nitrogens is 2. The van der Waals surface area contributed by atoms with Gasteiger partial charge in [0.25, 0.3) is 5.56 Å². The largest absolute Gasteiger partial charge is 0.497 e. The van der Waals surface area contributed by atoms with Gasteiger partial charge in [-0.05, 0) is 22.0 Å². The molecule has 1 aromatic heterocycles. The fraction of sp³-hybridized carbons (Fsp3) is 0.167. The molecule has 0 atom stereocenters. The Morgan fingerprint density at radius 3 is 2.63 bits per heavy atom. The van der Waals surface area contributed by atoms with Crippen molar-refractivity contribution in [2.24, 2.45) is 0 Å². The van der Waals surface area contributed by atoms with Crippen LogP contribution in [0.1, 0.15) is 0 Å². The number of nitrogens with zero attached hydrogens (tertiary/aromatic N) is 2. The minimum atomic E-state index is -0.305. The first-order valence-corrected chi connectivity index (χ1v) is 6.41. The van der Waals surface area contributed by atoms with E-state index in [4.69, 9.17) is 21.1 Å². The SMILES string of the molecule is COc1cc(OC)c(Br)c(-n2nc(Cl)ccc2=O)c1. The molecule has 19 heavy (non-hydrogen) atoms. The summed E-state index contributed by atoms with van der Waals surface area (Å²) in [6, 6.07) is 6.14. The molecular formula is C12H10BrClN2O3. The van der Waals surface area contributed by atoms with Gasteiger partial charge in [-0.3, -0.25) is 4.79 Å². The highest BCUT2D eigenvalue weighted by molar-refractivity contribution is 9.10. The van der Waals surface area contributed by atoms with Crippen molar-refractivity contribution in [1.29, 1.82) is 0 Å². The predicted molar refractivity (Wildman–Crippen MR) is 75.6 cm³/mol. The molecule has 1 heterocycles. The number of benzene rings is 1. The topological polar surface area (TPSA) is 53.4 Å². The van der Waals surface area contributed by atoms with E-state index < -0.39 is 0 Å². The molecule has 0 saturated carbocycles. The standard InChI is InChI=1S/C12H10BrClN2O3/c1-18-7-5-8(12(13)9(6-7)19-2)16-11(17)4-3-10(14)15-16/h3-6H,1-2H3. The summed E-state index contributed by atoms with van der Waals surface area (Å²) in [5, 5.41) is 4.20. The van der Waals surface area contributed by atoms with Crippen molar-refractivity contribution < 1.29 is 9.47 Å².